The summed E-state index contributed by atoms with van der Waals surface area (Å²) in [7, 11) is 1.50. The van der Waals surface area contributed by atoms with Gasteiger partial charge in [-0.1, -0.05) is 19.8 Å². The minimum absolute atomic E-state index is 0.0581. The van der Waals surface area contributed by atoms with Crippen LogP contribution in [0.15, 0.2) is 18.2 Å². The van der Waals surface area contributed by atoms with Gasteiger partial charge < -0.3 is 14.8 Å². The fourth-order valence-electron chi connectivity index (χ4n) is 3.27. The lowest BCUT2D eigenvalue weighted by molar-refractivity contribution is -0.148. The summed E-state index contributed by atoms with van der Waals surface area (Å²) in [4.78, 5) is 35.6. The Kier molecular flexibility index (Phi) is 7.18. The largest absolute Gasteiger partial charge is 0.496 e. The van der Waals surface area contributed by atoms with Crippen molar-refractivity contribution in [2.75, 3.05) is 13.7 Å². The van der Waals surface area contributed by atoms with Gasteiger partial charge in [0.05, 0.1) is 13.5 Å². The molecule has 0 radical (unpaired) electrons. The van der Waals surface area contributed by atoms with Gasteiger partial charge in [0.2, 0.25) is 0 Å². The van der Waals surface area contributed by atoms with Crippen LogP contribution < -0.4 is 10.1 Å². The highest BCUT2D eigenvalue weighted by atomic mass is 16.5. The average Bonchev–Trinajstić information content (AvgIpc) is 2.62. The zero-order valence-electron chi connectivity index (χ0n) is 15.7. The molecule has 1 fully saturated rings. The number of methoxy groups -OCH3 is 1. The van der Waals surface area contributed by atoms with Crippen LogP contribution in [-0.2, 0) is 20.7 Å². The van der Waals surface area contributed by atoms with Gasteiger partial charge >= 0.3 is 5.97 Å². The Hall–Kier alpha value is -2.37. The van der Waals surface area contributed by atoms with Gasteiger partial charge in [0, 0.05) is 17.2 Å². The predicted molar refractivity (Wildman–Crippen MR) is 97.2 cm³/mol. The minimum Gasteiger partial charge on any atom is -0.496 e. The third-order valence-corrected chi connectivity index (χ3v) is 4.84. The van der Waals surface area contributed by atoms with Crippen LogP contribution in [0.25, 0.3) is 0 Å². The smallest absolute Gasteiger partial charge is 0.310 e. The van der Waals surface area contributed by atoms with Gasteiger partial charge in [-0.25, -0.2) is 0 Å². The van der Waals surface area contributed by atoms with Crippen molar-refractivity contribution in [3.05, 3.63) is 29.3 Å². The standard InChI is InChI=1S/C20H27NO5/c1-13-6-4-5-7-17(13)21-19(23)12-26-20(24)11-16-10-15(14(2)22)8-9-18(16)25-3/h8-10,13,17H,4-7,11-12H2,1-3H3,(H,21,23)/t13-,17-/m0/s1. The van der Waals surface area contributed by atoms with E-state index in [2.05, 4.69) is 12.2 Å². The summed E-state index contributed by atoms with van der Waals surface area (Å²) in [5, 5.41) is 2.95. The highest BCUT2D eigenvalue weighted by molar-refractivity contribution is 5.94. The lowest BCUT2D eigenvalue weighted by atomic mass is 9.86. The van der Waals surface area contributed by atoms with Crippen molar-refractivity contribution in [3.63, 3.8) is 0 Å². The Balaban J connectivity index is 1.87. The van der Waals surface area contributed by atoms with Gasteiger partial charge in [-0.15, -0.1) is 0 Å². The molecule has 0 spiro atoms. The van der Waals surface area contributed by atoms with Crippen LogP contribution in [0, 0.1) is 5.92 Å². The van der Waals surface area contributed by atoms with E-state index < -0.39 is 5.97 Å². The third kappa shape index (κ3) is 5.58. The zero-order valence-corrected chi connectivity index (χ0v) is 15.7. The fraction of sp³-hybridized carbons (Fsp3) is 0.550. The number of nitrogens with one attached hydrogen (secondary N) is 1. The van der Waals surface area contributed by atoms with Crippen molar-refractivity contribution in [2.45, 2.75) is 52.0 Å². The first-order valence-corrected chi connectivity index (χ1v) is 9.03. The molecule has 0 aliphatic heterocycles. The summed E-state index contributed by atoms with van der Waals surface area (Å²) in [5.74, 6) is 0.0510. The quantitative estimate of drug-likeness (QED) is 0.596. The van der Waals surface area contributed by atoms with Gasteiger partial charge in [-0.3, -0.25) is 14.4 Å². The number of hydrogen-bond acceptors (Lipinski definition) is 5. The molecular formula is C20H27NO5. The molecule has 1 amide bonds. The number of carbonyl (C=O) groups is 3. The molecule has 1 N–H and O–H groups in total. The van der Waals surface area contributed by atoms with Crippen LogP contribution >= 0.6 is 0 Å². The molecule has 1 aliphatic carbocycles. The van der Waals surface area contributed by atoms with Crippen molar-refractivity contribution in [2.24, 2.45) is 5.92 Å². The normalized spacial score (nSPS) is 19.5. The lowest BCUT2D eigenvalue weighted by Crippen LogP contribution is -2.43. The summed E-state index contributed by atoms with van der Waals surface area (Å²) in [5.41, 5.74) is 1.06. The Morgan fingerprint density at radius 2 is 1.92 bits per heavy atom. The van der Waals surface area contributed by atoms with Crippen molar-refractivity contribution < 1.29 is 23.9 Å². The van der Waals surface area contributed by atoms with Gasteiger partial charge in [-0.2, -0.15) is 0 Å². The Morgan fingerprint density at radius 3 is 2.58 bits per heavy atom. The maximum atomic E-state index is 12.1. The van der Waals surface area contributed by atoms with Crippen molar-refractivity contribution in [1.82, 2.24) is 5.32 Å². The molecule has 6 nitrogen and oxygen atoms in total. The molecule has 1 aromatic rings. The maximum Gasteiger partial charge on any atom is 0.310 e. The third-order valence-electron chi connectivity index (χ3n) is 4.84. The molecule has 0 saturated heterocycles. The van der Waals surface area contributed by atoms with Crippen molar-refractivity contribution in [3.8, 4) is 5.75 Å². The highest BCUT2D eigenvalue weighted by Gasteiger charge is 2.23. The second-order valence-corrected chi connectivity index (χ2v) is 6.86. The maximum absolute atomic E-state index is 12.1. The first kappa shape index (κ1) is 19.9. The number of Topliss-reactive ketones (excluding diaryl/α,β-unsaturated/α-hetero) is 1. The molecule has 0 aromatic heterocycles. The summed E-state index contributed by atoms with van der Waals surface area (Å²) in [6, 6.07) is 5.07. The first-order valence-electron chi connectivity index (χ1n) is 9.03. The van der Waals surface area contributed by atoms with Crippen LogP contribution in [-0.4, -0.2) is 37.4 Å². The number of esters is 1. The molecule has 0 unspecified atom stereocenters. The minimum atomic E-state index is -0.532. The van der Waals surface area contributed by atoms with Gasteiger partial charge in [0.1, 0.15) is 5.75 Å². The Bertz CT molecular complexity index is 670. The lowest BCUT2D eigenvalue weighted by Gasteiger charge is -2.29. The van der Waals surface area contributed by atoms with Crippen LogP contribution in [0.3, 0.4) is 0 Å². The average molecular weight is 361 g/mol. The number of benzene rings is 1. The SMILES string of the molecule is COc1ccc(C(C)=O)cc1CC(=O)OCC(=O)N[C@H]1CCCC[C@@H]1C. The molecule has 142 valence electrons. The van der Waals surface area contributed by atoms with E-state index in [0.29, 0.717) is 22.8 Å². The molecule has 6 heteroatoms. The fourth-order valence-corrected chi connectivity index (χ4v) is 3.27. The molecule has 2 atom stereocenters. The number of amides is 1. The number of rotatable bonds is 7. The van der Waals surface area contributed by atoms with Crippen molar-refractivity contribution in [1.29, 1.82) is 0 Å². The van der Waals surface area contributed by atoms with Crippen LogP contribution in [0.5, 0.6) is 5.75 Å². The monoisotopic (exact) mass is 361 g/mol. The van der Waals surface area contributed by atoms with Crippen molar-refractivity contribution >= 4 is 17.7 Å². The number of carbonyl (C=O) groups excluding carboxylic acids is 3. The molecule has 1 aliphatic rings. The molecule has 2 rings (SSSR count). The van der Waals surface area contributed by atoms with E-state index in [-0.39, 0.29) is 30.8 Å². The van der Waals surface area contributed by atoms with E-state index in [0.717, 1.165) is 19.3 Å². The van der Waals surface area contributed by atoms with E-state index >= 15 is 0 Å². The topological polar surface area (TPSA) is 81.7 Å². The highest BCUT2D eigenvalue weighted by Crippen LogP contribution is 2.24. The van der Waals surface area contributed by atoms with Gasteiger partial charge in [0.25, 0.3) is 5.91 Å². The van der Waals surface area contributed by atoms with Gasteiger partial charge in [0.15, 0.2) is 12.4 Å². The van der Waals surface area contributed by atoms with Gasteiger partial charge in [-0.05, 0) is 43.9 Å². The van der Waals surface area contributed by atoms with E-state index in [1.807, 2.05) is 0 Å². The van der Waals surface area contributed by atoms with E-state index in [9.17, 15) is 14.4 Å². The van der Waals surface area contributed by atoms with Crippen LogP contribution in [0.2, 0.25) is 0 Å². The molecule has 1 aromatic carbocycles. The van der Waals surface area contributed by atoms with E-state index in [1.54, 1.807) is 18.2 Å². The van der Waals surface area contributed by atoms with E-state index in [1.165, 1.54) is 20.5 Å². The number of ketones is 1. The predicted octanol–water partition coefficient (Wildman–Crippen LogP) is 2.68. The summed E-state index contributed by atoms with van der Waals surface area (Å²) < 4.78 is 10.3. The second-order valence-electron chi connectivity index (χ2n) is 6.86. The second kappa shape index (κ2) is 9.36. The first-order chi connectivity index (χ1) is 12.4. The molecule has 1 saturated carbocycles. The number of hydrogen-bond donors (Lipinski definition) is 1. The Labute approximate surface area is 154 Å². The molecule has 26 heavy (non-hydrogen) atoms. The van der Waals surface area contributed by atoms with Crippen LogP contribution in [0.4, 0.5) is 0 Å². The molecule has 0 heterocycles. The van der Waals surface area contributed by atoms with Crippen LogP contribution in [0.1, 0.15) is 55.5 Å². The molecular weight excluding hydrogens is 334 g/mol. The summed E-state index contributed by atoms with van der Waals surface area (Å²) >= 11 is 0. The number of ether oxygens (including phenoxy) is 2. The zero-order chi connectivity index (χ0) is 19.1. The summed E-state index contributed by atoms with van der Waals surface area (Å²) in [6.07, 6.45) is 4.33. The van der Waals surface area contributed by atoms with E-state index in [4.69, 9.17) is 9.47 Å². The Morgan fingerprint density at radius 1 is 1.19 bits per heavy atom. The summed E-state index contributed by atoms with van der Waals surface area (Å²) in [6.45, 7) is 3.29. The molecule has 0 bridgehead atoms.